The molecule has 0 amide bonds. The van der Waals surface area contributed by atoms with E-state index in [0.29, 0.717) is 0 Å². The average Bonchev–Trinajstić information content (AvgIpc) is 1.85. The van der Waals surface area contributed by atoms with Gasteiger partial charge in [-0.05, 0) is 27.7 Å². The summed E-state index contributed by atoms with van der Waals surface area (Å²) in [5.41, 5.74) is 0. The highest BCUT2D eigenvalue weighted by Gasteiger charge is 1.65. The maximum Gasteiger partial charge on any atom is 0.300 e. The van der Waals surface area contributed by atoms with Crippen LogP contribution in [0.1, 0.15) is 34.6 Å². The maximum absolute atomic E-state index is 9.44. The summed E-state index contributed by atoms with van der Waals surface area (Å²) in [6.07, 6.45) is 0.750. The summed E-state index contributed by atoms with van der Waals surface area (Å²) in [5, 5.41) is 15.0. The molecule has 0 heterocycles. The van der Waals surface area contributed by atoms with Gasteiger partial charge in [-0.3, -0.25) is 4.79 Å². The fourth-order valence-electron chi connectivity index (χ4n) is 0. The van der Waals surface area contributed by atoms with E-state index in [1.54, 1.807) is 6.92 Å². The van der Waals surface area contributed by atoms with Crippen molar-refractivity contribution in [1.29, 1.82) is 0 Å². The molecule has 0 aromatic rings. The number of rotatable bonds is 0. The molecule has 0 fully saturated rings. The fraction of sp³-hybridized carbons (Fsp3) is 0.667. The van der Waals surface area contributed by atoms with E-state index in [4.69, 9.17) is 19.8 Å². The number of hydrogen-bond donors (Lipinski definition) is 2. The number of aldehydes is 1. The lowest BCUT2D eigenvalue weighted by molar-refractivity contribution is -0.134. The highest BCUT2D eigenvalue weighted by atomic mass is 16.4. The Kier molecular flexibility index (Phi) is 48.9. The zero-order valence-electron chi connectivity index (χ0n) is 9.40. The Balaban J connectivity index is -0.0000000482. The van der Waals surface area contributed by atoms with Crippen LogP contribution in [0.2, 0.25) is 0 Å². The standard InChI is InChI=1S/C3H6O.C2H4O2.C2H6O.C2H4O/c1-3(2)4;1-2(3)4;2*1-2-3/h1-2H3;1H3,(H,3,4);3H,2H2,1H3;2H,1H3. The van der Waals surface area contributed by atoms with E-state index >= 15 is 0 Å². The summed E-state index contributed by atoms with van der Waals surface area (Å²) in [4.78, 5) is 27.2. The van der Waals surface area contributed by atoms with Crippen molar-refractivity contribution < 1.29 is 24.6 Å². The van der Waals surface area contributed by atoms with E-state index in [1.807, 2.05) is 0 Å². The van der Waals surface area contributed by atoms with E-state index in [2.05, 4.69) is 0 Å². The van der Waals surface area contributed by atoms with Gasteiger partial charge in [0.25, 0.3) is 5.97 Å². The van der Waals surface area contributed by atoms with E-state index in [0.717, 1.165) is 13.2 Å². The second kappa shape index (κ2) is 29.8. The van der Waals surface area contributed by atoms with Crippen molar-refractivity contribution in [1.82, 2.24) is 0 Å². The number of Topliss-reactive ketones (excluding diaryl/α,β-unsaturated/α-hetero) is 1. The molecular formula is C9H20O5. The van der Waals surface area contributed by atoms with Gasteiger partial charge >= 0.3 is 0 Å². The van der Waals surface area contributed by atoms with Crippen LogP contribution >= 0.6 is 0 Å². The first kappa shape index (κ1) is 23.0. The monoisotopic (exact) mass is 208 g/mol. The molecule has 0 saturated heterocycles. The summed E-state index contributed by atoms with van der Waals surface area (Å²) >= 11 is 0. The topological polar surface area (TPSA) is 91.7 Å². The summed E-state index contributed by atoms with van der Waals surface area (Å²) in [6.45, 7) is 7.51. The average molecular weight is 208 g/mol. The van der Waals surface area contributed by atoms with Crippen LogP contribution in [0.15, 0.2) is 0 Å². The Morgan fingerprint density at radius 1 is 1.21 bits per heavy atom. The number of carboxylic acids is 1. The van der Waals surface area contributed by atoms with Gasteiger partial charge in [0.15, 0.2) is 0 Å². The largest absolute Gasteiger partial charge is 0.481 e. The van der Waals surface area contributed by atoms with Crippen molar-refractivity contribution in [3.63, 3.8) is 0 Å². The predicted octanol–water partition coefficient (Wildman–Crippen LogP) is 0.890. The van der Waals surface area contributed by atoms with Crippen molar-refractivity contribution in [2.75, 3.05) is 6.61 Å². The molecule has 14 heavy (non-hydrogen) atoms. The third-order valence-electron chi connectivity index (χ3n) is 0. The number of carbonyl (C=O) groups is 3. The molecule has 0 aliphatic carbocycles. The van der Waals surface area contributed by atoms with E-state index < -0.39 is 5.97 Å². The minimum Gasteiger partial charge on any atom is -0.481 e. The van der Waals surface area contributed by atoms with Gasteiger partial charge in [0.05, 0.1) is 0 Å². The Morgan fingerprint density at radius 3 is 1.21 bits per heavy atom. The lowest BCUT2D eigenvalue weighted by atomic mass is 10.6. The molecule has 0 spiro atoms. The highest BCUT2D eigenvalue weighted by Crippen LogP contribution is 1.50. The normalized spacial score (nSPS) is 5.86. The van der Waals surface area contributed by atoms with Crippen molar-refractivity contribution in [2.24, 2.45) is 0 Å². The van der Waals surface area contributed by atoms with Crippen LogP contribution in [0, 0.1) is 0 Å². The van der Waals surface area contributed by atoms with Crippen LogP contribution < -0.4 is 0 Å². The molecule has 0 rings (SSSR count). The zero-order valence-corrected chi connectivity index (χ0v) is 9.40. The molecule has 0 aromatic heterocycles. The van der Waals surface area contributed by atoms with Gasteiger partial charge in [-0.1, -0.05) is 0 Å². The first-order valence-electron chi connectivity index (χ1n) is 3.97. The Hall–Kier alpha value is -1.23. The minimum absolute atomic E-state index is 0.167. The molecule has 0 saturated carbocycles. The number of carbonyl (C=O) groups excluding carboxylic acids is 2. The predicted molar refractivity (Wildman–Crippen MR) is 54.2 cm³/mol. The van der Waals surface area contributed by atoms with Crippen LogP contribution in [-0.4, -0.2) is 34.9 Å². The third kappa shape index (κ3) is 680. The van der Waals surface area contributed by atoms with Gasteiger partial charge in [0, 0.05) is 13.5 Å². The second-order valence-electron chi connectivity index (χ2n) is 1.98. The Morgan fingerprint density at radius 2 is 1.21 bits per heavy atom. The first-order valence-corrected chi connectivity index (χ1v) is 3.97. The summed E-state index contributed by atoms with van der Waals surface area (Å²) in [6, 6.07) is 0. The van der Waals surface area contributed by atoms with Crippen molar-refractivity contribution in [3.8, 4) is 0 Å². The molecule has 86 valence electrons. The van der Waals surface area contributed by atoms with Crippen molar-refractivity contribution in [2.45, 2.75) is 34.6 Å². The second-order valence-corrected chi connectivity index (χ2v) is 1.98. The fourth-order valence-corrected chi connectivity index (χ4v) is 0. The van der Waals surface area contributed by atoms with Crippen LogP contribution in [0.5, 0.6) is 0 Å². The number of aliphatic hydroxyl groups is 1. The van der Waals surface area contributed by atoms with Gasteiger partial charge in [-0.25, -0.2) is 0 Å². The van der Waals surface area contributed by atoms with Crippen molar-refractivity contribution in [3.05, 3.63) is 0 Å². The van der Waals surface area contributed by atoms with Gasteiger partial charge in [-0.15, -0.1) is 0 Å². The Bertz CT molecular complexity index is 111. The van der Waals surface area contributed by atoms with Gasteiger partial charge < -0.3 is 19.8 Å². The van der Waals surface area contributed by atoms with Crippen LogP contribution in [0.3, 0.4) is 0 Å². The molecule has 0 unspecified atom stereocenters. The molecule has 2 N–H and O–H groups in total. The number of carboxylic acid groups (broad SMARTS) is 1. The van der Waals surface area contributed by atoms with E-state index in [9.17, 15) is 4.79 Å². The molecule has 5 nitrogen and oxygen atoms in total. The maximum atomic E-state index is 9.44. The van der Waals surface area contributed by atoms with Gasteiger partial charge in [0.1, 0.15) is 12.1 Å². The SMILES string of the molecule is CC(=O)O.CC(C)=O.CC=O.CCO. The highest BCUT2D eigenvalue weighted by molar-refractivity contribution is 5.72. The van der Waals surface area contributed by atoms with Gasteiger partial charge in [0.2, 0.25) is 0 Å². The smallest absolute Gasteiger partial charge is 0.300 e. The summed E-state index contributed by atoms with van der Waals surface area (Å²) in [7, 11) is 0. The molecule has 0 radical (unpaired) electrons. The molecule has 0 aromatic carbocycles. The quantitative estimate of drug-likeness (QED) is 0.577. The van der Waals surface area contributed by atoms with Crippen LogP contribution in [0.25, 0.3) is 0 Å². The number of ketones is 1. The number of hydrogen-bond acceptors (Lipinski definition) is 4. The zero-order chi connectivity index (χ0) is 12.6. The summed E-state index contributed by atoms with van der Waals surface area (Å²) < 4.78 is 0. The lowest BCUT2D eigenvalue weighted by Gasteiger charge is -1.59. The minimum atomic E-state index is -0.833. The molecule has 0 aliphatic heterocycles. The summed E-state index contributed by atoms with van der Waals surface area (Å²) in [5.74, 6) is -0.667. The molecule has 0 atom stereocenters. The van der Waals surface area contributed by atoms with E-state index in [1.165, 1.54) is 20.8 Å². The van der Waals surface area contributed by atoms with Crippen molar-refractivity contribution >= 4 is 18.0 Å². The van der Waals surface area contributed by atoms with Crippen LogP contribution in [0.4, 0.5) is 0 Å². The number of aliphatic carboxylic acids is 1. The van der Waals surface area contributed by atoms with E-state index in [-0.39, 0.29) is 12.4 Å². The first-order chi connectivity index (χ1) is 6.29. The van der Waals surface area contributed by atoms with Crippen LogP contribution in [-0.2, 0) is 14.4 Å². The molecule has 0 aliphatic rings. The number of aliphatic hydroxyl groups excluding tert-OH is 1. The van der Waals surface area contributed by atoms with Gasteiger partial charge in [-0.2, -0.15) is 0 Å². The lowest BCUT2D eigenvalue weighted by Crippen LogP contribution is -1.78. The third-order valence-corrected chi connectivity index (χ3v) is 0. The molecule has 5 heteroatoms. The molecule has 0 bridgehead atoms. The molecular weight excluding hydrogens is 188 g/mol. The Labute approximate surface area is 84.7 Å².